The SMILES string of the molecule is C=CCCOC(=O)c1c(C(=O)OCCC=C)c(C(=O)OCCC=C)n(C(C)(C)C)c1C(=O)OCCC=C. The molecule has 0 unspecified atom stereocenters. The van der Waals surface area contributed by atoms with Crippen molar-refractivity contribution in [2.75, 3.05) is 26.4 Å². The number of esters is 4. The van der Waals surface area contributed by atoms with E-state index < -0.39 is 40.5 Å². The fourth-order valence-corrected chi connectivity index (χ4v) is 3.25. The first kappa shape index (κ1) is 31.2. The summed E-state index contributed by atoms with van der Waals surface area (Å²) in [6.07, 6.45) is 7.59. The minimum absolute atomic E-state index is 0.0269. The van der Waals surface area contributed by atoms with Crippen LogP contribution in [0.5, 0.6) is 0 Å². The second kappa shape index (κ2) is 15.3. The second-order valence-corrected chi connectivity index (χ2v) is 8.81. The number of hydrogen-bond donors (Lipinski definition) is 0. The van der Waals surface area contributed by atoms with Gasteiger partial charge in [0.05, 0.1) is 26.4 Å². The van der Waals surface area contributed by atoms with E-state index in [0.717, 1.165) is 0 Å². The average molecular weight is 516 g/mol. The molecule has 9 nitrogen and oxygen atoms in total. The van der Waals surface area contributed by atoms with Gasteiger partial charge < -0.3 is 23.5 Å². The molecule has 0 saturated carbocycles. The summed E-state index contributed by atoms with van der Waals surface area (Å²) in [4.78, 5) is 53.3. The maximum atomic E-state index is 13.3. The number of nitrogens with zero attached hydrogens (tertiary/aromatic N) is 1. The Hall–Kier alpha value is -3.88. The first-order chi connectivity index (χ1) is 17.6. The Bertz CT molecular complexity index is 952. The molecule has 202 valence electrons. The summed E-state index contributed by atoms with van der Waals surface area (Å²) in [6.45, 7) is 19.3. The molecular formula is C28H37NO8. The molecular weight excluding hydrogens is 478 g/mol. The highest BCUT2D eigenvalue weighted by Crippen LogP contribution is 2.33. The number of carbonyl (C=O) groups is 4. The van der Waals surface area contributed by atoms with E-state index in [-0.39, 0.29) is 37.8 Å². The van der Waals surface area contributed by atoms with E-state index in [4.69, 9.17) is 18.9 Å². The van der Waals surface area contributed by atoms with E-state index in [1.807, 2.05) is 0 Å². The van der Waals surface area contributed by atoms with E-state index in [0.29, 0.717) is 25.7 Å². The van der Waals surface area contributed by atoms with Gasteiger partial charge in [-0.15, -0.1) is 26.3 Å². The molecule has 1 heterocycles. The molecule has 0 spiro atoms. The van der Waals surface area contributed by atoms with Crippen molar-refractivity contribution in [2.24, 2.45) is 0 Å². The summed E-state index contributed by atoms with van der Waals surface area (Å²) >= 11 is 0. The Morgan fingerprint density at radius 2 is 0.865 bits per heavy atom. The highest BCUT2D eigenvalue weighted by molar-refractivity contribution is 6.15. The van der Waals surface area contributed by atoms with Crippen molar-refractivity contribution >= 4 is 23.9 Å². The third-order valence-corrected chi connectivity index (χ3v) is 4.86. The zero-order chi connectivity index (χ0) is 28.0. The first-order valence-corrected chi connectivity index (χ1v) is 12.0. The van der Waals surface area contributed by atoms with Crippen molar-refractivity contribution in [2.45, 2.75) is 52.0 Å². The summed E-state index contributed by atoms with van der Waals surface area (Å²) in [6, 6.07) is 0. The lowest BCUT2D eigenvalue weighted by molar-refractivity contribution is 0.0438. The minimum atomic E-state index is -0.990. The fraction of sp³-hybridized carbons (Fsp3) is 0.429. The van der Waals surface area contributed by atoms with Crippen LogP contribution in [-0.2, 0) is 24.5 Å². The van der Waals surface area contributed by atoms with Crippen molar-refractivity contribution in [3.8, 4) is 0 Å². The molecule has 0 bridgehead atoms. The van der Waals surface area contributed by atoms with Crippen LogP contribution < -0.4 is 0 Å². The predicted octanol–water partition coefficient (Wildman–Crippen LogP) is 5.17. The highest BCUT2D eigenvalue weighted by Gasteiger charge is 2.42. The van der Waals surface area contributed by atoms with E-state index in [1.165, 1.54) is 4.57 Å². The van der Waals surface area contributed by atoms with Crippen molar-refractivity contribution in [1.82, 2.24) is 4.57 Å². The quantitative estimate of drug-likeness (QED) is 0.128. The smallest absolute Gasteiger partial charge is 0.355 e. The standard InChI is InChI=1S/C28H37NO8/c1-8-12-16-34-24(30)20-21(25(31)35-17-13-9-2)23(27(33)37-19-15-11-4)29(28(5,6)7)22(20)26(32)36-18-14-10-3/h8-11H,1-4,12-19H2,5-7H3. The maximum absolute atomic E-state index is 13.3. The van der Waals surface area contributed by atoms with Gasteiger partial charge in [-0.3, -0.25) is 0 Å². The van der Waals surface area contributed by atoms with Crippen molar-refractivity contribution < 1.29 is 38.1 Å². The van der Waals surface area contributed by atoms with E-state index in [2.05, 4.69) is 26.3 Å². The minimum Gasteiger partial charge on any atom is -0.462 e. The zero-order valence-electron chi connectivity index (χ0n) is 22.0. The van der Waals surface area contributed by atoms with Crippen LogP contribution in [0.4, 0.5) is 0 Å². The van der Waals surface area contributed by atoms with Crippen molar-refractivity contribution in [1.29, 1.82) is 0 Å². The lowest BCUT2D eigenvalue weighted by Gasteiger charge is -2.26. The molecule has 37 heavy (non-hydrogen) atoms. The molecule has 0 atom stereocenters. The molecule has 0 aliphatic rings. The lowest BCUT2D eigenvalue weighted by Crippen LogP contribution is -2.31. The van der Waals surface area contributed by atoms with Crippen LogP contribution in [-0.4, -0.2) is 54.9 Å². The molecule has 0 amide bonds. The molecule has 0 aliphatic heterocycles. The Kier molecular flexibility index (Phi) is 12.9. The molecule has 1 rings (SSSR count). The number of ether oxygens (including phenoxy) is 4. The van der Waals surface area contributed by atoms with Crippen molar-refractivity contribution in [3.63, 3.8) is 0 Å². The topological polar surface area (TPSA) is 110 Å². The van der Waals surface area contributed by atoms with Gasteiger partial charge in [-0.2, -0.15) is 0 Å². The van der Waals surface area contributed by atoms with Gasteiger partial charge in [0.25, 0.3) is 0 Å². The zero-order valence-corrected chi connectivity index (χ0v) is 22.0. The molecule has 0 aliphatic carbocycles. The van der Waals surface area contributed by atoms with Crippen LogP contribution in [0.2, 0.25) is 0 Å². The Morgan fingerprint density at radius 3 is 1.11 bits per heavy atom. The molecule has 0 saturated heterocycles. The summed E-state index contributed by atoms with van der Waals surface area (Å²) in [5.41, 5.74) is -2.46. The number of carbonyl (C=O) groups excluding carboxylic acids is 4. The molecule has 0 radical (unpaired) electrons. The first-order valence-electron chi connectivity index (χ1n) is 12.0. The van der Waals surface area contributed by atoms with E-state index in [1.54, 1.807) is 45.1 Å². The van der Waals surface area contributed by atoms with E-state index in [9.17, 15) is 19.2 Å². The maximum Gasteiger partial charge on any atom is 0.355 e. The molecule has 0 fully saturated rings. The highest BCUT2D eigenvalue weighted by atomic mass is 16.5. The van der Waals surface area contributed by atoms with Crippen LogP contribution >= 0.6 is 0 Å². The third-order valence-electron chi connectivity index (χ3n) is 4.86. The van der Waals surface area contributed by atoms with Gasteiger partial charge >= 0.3 is 23.9 Å². The fourth-order valence-electron chi connectivity index (χ4n) is 3.25. The largest absolute Gasteiger partial charge is 0.462 e. The summed E-state index contributed by atoms with van der Waals surface area (Å²) in [7, 11) is 0. The number of aromatic nitrogens is 1. The molecule has 0 N–H and O–H groups in total. The van der Waals surface area contributed by atoms with Crippen LogP contribution in [0.1, 0.15) is 88.1 Å². The Balaban J connectivity index is 3.98. The molecule has 1 aromatic rings. The molecule has 1 aromatic heterocycles. The van der Waals surface area contributed by atoms with Crippen LogP contribution in [0, 0.1) is 0 Å². The van der Waals surface area contributed by atoms with Gasteiger partial charge in [-0.05, 0) is 46.5 Å². The van der Waals surface area contributed by atoms with Gasteiger partial charge in [-0.1, -0.05) is 24.3 Å². The predicted molar refractivity (Wildman–Crippen MR) is 140 cm³/mol. The average Bonchev–Trinajstić information content (AvgIpc) is 3.21. The number of hydrogen-bond acceptors (Lipinski definition) is 8. The van der Waals surface area contributed by atoms with E-state index >= 15 is 0 Å². The lowest BCUT2D eigenvalue weighted by atomic mass is 10.1. The second-order valence-electron chi connectivity index (χ2n) is 8.81. The van der Waals surface area contributed by atoms with Gasteiger partial charge in [-0.25, -0.2) is 19.2 Å². The van der Waals surface area contributed by atoms with Gasteiger partial charge in [0.15, 0.2) is 0 Å². The Labute approximate surface area is 218 Å². The van der Waals surface area contributed by atoms with Crippen molar-refractivity contribution in [3.05, 3.63) is 73.1 Å². The molecule has 0 aromatic carbocycles. The Morgan fingerprint density at radius 1 is 0.595 bits per heavy atom. The summed E-state index contributed by atoms with van der Waals surface area (Å²) in [5.74, 6) is -3.82. The van der Waals surface area contributed by atoms with Crippen LogP contribution in [0.15, 0.2) is 50.6 Å². The van der Waals surface area contributed by atoms with Crippen LogP contribution in [0.3, 0.4) is 0 Å². The van der Waals surface area contributed by atoms with Gasteiger partial charge in [0.2, 0.25) is 0 Å². The third kappa shape index (κ3) is 8.63. The van der Waals surface area contributed by atoms with Gasteiger partial charge in [0, 0.05) is 5.54 Å². The summed E-state index contributed by atoms with van der Waals surface area (Å²) in [5, 5.41) is 0. The summed E-state index contributed by atoms with van der Waals surface area (Å²) < 4.78 is 22.6. The normalized spacial score (nSPS) is 10.7. The monoisotopic (exact) mass is 515 g/mol. The van der Waals surface area contributed by atoms with Crippen LogP contribution in [0.25, 0.3) is 0 Å². The van der Waals surface area contributed by atoms with Gasteiger partial charge in [0.1, 0.15) is 22.5 Å². The molecule has 9 heteroatoms. The number of rotatable bonds is 16.